The van der Waals surface area contributed by atoms with Crippen LogP contribution < -0.4 is 11.1 Å². The fourth-order valence-corrected chi connectivity index (χ4v) is 1.55. The summed E-state index contributed by atoms with van der Waals surface area (Å²) < 4.78 is 21.3. The fraction of sp³-hybridized carbons (Fsp3) is 0.938. The lowest BCUT2D eigenvalue weighted by molar-refractivity contribution is 0.0338. The van der Waals surface area contributed by atoms with Crippen molar-refractivity contribution in [3.05, 3.63) is 0 Å². The molecule has 0 aliphatic rings. The zero-order valence-electron chi connectivity index (χ0n) is 14.9. The molecule has 0 aliphatic carbocycles. The number of carbonyl (C=O) groups excluding carboxylic acids is 1. The van der Waals surface area contributed by atoms with Gasteiger partial charge in [0.25, 0.3) is 0 Å². The molecule has 7 nitrogen and oxygen atoms in total. The summed E-state index contributed by atoms with van der Waals surface area (Å²) in [6, 6.07) is 0. The Morgan fingerprint density at radius 2 is 1.39 bits per heavy atom. The highest BCUT2D eigenvalue weighted by molar-refractivity contribution is 5.67. The van der Waals surface area contributed by atoms with Gasteiger partial charge in [0, 0.05) is 33.0 Å². The van der Waals surface area contributed by atoms with E-state index in [1.807, 2.05) is 20.8 Å². The molecule has 0 unspecified atom stereocenters. The maximum Gasteiger partial charge on any atom is 0.407 e. The molecule has 0 saturated heterocycles. The molecule has 0 atom stereocenters. The molecule has 7 heteroatoms. The van der Waals surface area contributed by atoms with Gasteiger partial charge < -0.3 is 30.0 Å². The van der Waals surface area contributed by atoms with Crippen LogP contribution in [0.3, 0.4) is 0 Å². The summed E-state index contributed by atoms with van der Waals surface area (Å²) in [7, 11) is 0. The molecule has 1 amide bonds. The van der Waals surface area contributed by atoms with Crippen molar-refractivity contribution in [2.45, 2.75) is 45.6 Å². The summed E-state index contributed by atoms with van der Waals surface area (Å²) in [6.07, 6.45) is 2.13. The summed E-state index contributed by atoms with van der Waals surface area (Å²) in [4.78, 5) is 11.4. The SMILES string of the molecule is CC(C)(C)OC(=O)NCCCOCCOCCCOCCCN. The maximum atomic E-state index is 11.4. The smallest absolute Gasteiger partial charge is 0.407 e. The van der Waals surface area contributed by atoms with Gasteiger partial charge >= 0.3 is 6.09 Å². The molecule has 3 N–H and O–H groups in total. The summed E-state index contributed by atoms with van der Waals surface area (Å²) in [5.41, 5.74) is 4.90. The quantitative estimate of drug-likeness (QED) is 0.470. The van der Waals surface area contributed by atoms with E-state index in [2.05, 4.69) is 5.32 Å². The van der Waals surface area contributed by atoms with E-state index < -0.39 is 11.7 Å². The molecule has 0 radical (unpaired) electrons. The van der Waals surface area contributed by atoms with Crippen molar-refractivity contribution >= 4 is 6.09 Å². The highest BCUT2D eigenvalue weighted by Gasteiger charge is 2.15. The first kappa shape index (κ1) is 22.1. The number of hydrogen-bond acceptors (Lipinski definition) is 6. The van der Waals surface area contributed by atoms with Gasteiger partial charge in [-0.15, -0.1) is 0 Å². The lowest BCUT2D eigenvalue weighted by Gasteiger charge is -2.19. The van der Waals surface area contributed by atoms with Crippen LogP contribution in [0.4, 0.5) is 4.79 Å². The maximum absolute atomic E-state index is 11.4. The topological polar surface area (TPSA) is 92.0 Å². The largest absolute Gasteiger partial charge is 0.444 e. The van der Waals surface area contributed by atoms with Crippen LogP contribution in [0.2, 0.25) is 0 Å². The molecule has 0 spiro atoms. The molecule has 138 valence electrons. The van der Waals surface area contributed by atoms with Crippen molar-refractivity contribution in [1.29, 1.82) is 0 Å². The Balaban J connectivity index is 3.15. The van der Waals surface area contributed by atoms with Gasteiger partial charge in [-0.3, -0.25) is 0 Å². The highest BCUT2D eigenvalue weighted by Crippen LogP contribution is 2.06. The number of nitrogens with one attached hydrogen (secondary N) is 1. The van der Waals surface area contributed by atoms with Crippen LogP contribution in [0.5, 0.6) is 0 Å². The van der Waals surface area contributed by atoms with E-state index in [0.717, 1.165) is 25.9 Å². The Morgan fingerprint density at radius 1 is 0.870 bits per heavy atom. The van der Waals surface area contributed by atoms with Gasteiger partial charge in [-0.05, 0) is 46.6 Å². The summed E-state index contributed by atoms with van der Waals surface area (Å²) in [5.74, 6) is 0. The van der Waals surface area contributed by atoms with E-state index in [9.17, 15) is 4.79 Å². The van der Waals surface area contributed by atoms with Crippen LogP contribution in [-0.4, -0.2) is 64.4 Å². The number of amides is 1. The van der Waals surface area contributed by atoms with Gasteiger partial charge in [-0.1, -0.05) is 0 Å². The van der Waals surface area contributed by atoms with Crippen LogP contribution >= 0.6 is 0 Å². The molecule has 0 rings (SSSR count). The average Bonchev–Trinajstić information content (AvgIpc) is 2.46. The third-order valence-corrected chi connectivity index (χ3v) is 2.58. The van der Waals surface area contributed by atoms with Gasteiger partial charge in [0.2, 0.25) is 0 Å². The third kappa shape index (κ3) is 19.1. The molecule has 0 bridgehead atoms. The fourth-order valence-electron chi connectivity index (χ4n) is 1.55. The Labute approximate surface area is 140 Å². The molecule has 0 fully saturated rings. The normalized spacial score (nSPS) is 11.5. The number of alkyl carbamates (subject to hydrolysis) is 1. The zero-order chi connectivity index (χ0) is 17.4. The molecular weight excluding hydrogens is 300 g/mol. The Hall–Kier alpha value is -0.890. The summed E-state index contributed by atoms with van der Waals surface area (Å²) in [5, 5.41) is 2.68. The molecular formula is C16H34N2O5. The van der Waals surface area contributed by atoms with Crippen LogP contribution in [0.1, 0.15) is 40.0 Å². The molecule has 0 aliphatic heterocycles. The lowest BCUT2D eigenvalue weighted by atomic mass is 10.2. The highest BCUT2D eigenvalue weighted by atomic mass is 16.6. The Bertz CT molecular complexity index is 282. The van der Waals surface area contributed by atoms with Crippen LogP contribution in [0.25, 0.3) is 0 Å². The molecule has 0 aromatic heterocycles. The average molecular weight is 334 g/mol. The summed E-state index contributed by atoms with van der Waals surface area (Å²) in [6.45, 7) is 10.5. The lowest BCUT2D eigenvalue weighted by Crippen LogP contribution is -2.33. The summed E-state index contributed by atoms with van der Waals surface area (Å²) >= 11 is 0. The van der Waals surface area contributed by atoms with Crippen LogP contribution in [0, 0.1) is 0 Å². The standard InChI is InChI=1S/C16H34N2O5/c1-16(2,3)23-15(19)18-8-5-10-21-13-14-22-12-6-11-20-9-4-7-17/h4-14,17H2,1-3H3,(H,18,19). The van der Waals surface area contributed by atoms with Crippen molar-refractivity contribution in [2.24, 2.45) is 5.73 Å². The minimum Gasteiger partial charge on any atom is -0.444 e. The second-order valence-electron chi connectivity index (χ2n) is 6.12. The van der Waals surface area contributed by atoms with Crippen molar-refractivity contribution in [3.63, 3.8) is 0 Å². The van der Waals surface area contributed by atoms with Crippen molar-refractivity contribution < 1.29 is 23.7 Å². The number of ether oxygens (including phenoxy) is 4. The van der Waals surface area contributed by atoms with E-state index in [4.69, 9.17) is 24.7 Å². The molecule has 23 heavy (non-hydrogen) atoms. The number of hydrogen-bond donors (Lipinski definition) is 2. The zero-order valence-corrected chi connectivity index (χ0v) is 14.9. The predicted octanol–water partition coefficient (Wildman–Crippen LogP) is 1.69. The third-order valence-electron chi connectivity index (χ3n) is 2.58. The minimum absolute atomic E-state index is 0.394. The first-order valence-corrected chi connectivity index (χ1v) is 8.36. The van der Waals surface area contributed by atoms with Gasteiger partial charge in [-0.25, -0.2) is 4.79 Å². The minimum atomic E-state index is -0.465. The first-order valence-electron chi connectivity index (χ1n) is 8.36. The molecule has 0 aromatic rings. The predicted molar refractivity (Wildman–Crippen MR) is 89.6 cm³/mol. The van der Waals surface area contributed by atoms with Crippen LogP contribution in [-0.2, 0) is 18.9 Å². The van der Waals surface area contributed by atoms with Gasteiger partial charge in [0.05, 0.1) is 13.2 Å². The Morgan fingerprint density at radius 3 is 1.96 bits per heavy atom. The first-order chi connectivity index (χ1) is 11.0. The monoisotopic (exact) mass is 334 g/mol. The van der Waals surface area contributed by atoms with Crippen molar-refractivity contribution in [3.8, 4) is 0 Å². The number of nitrogens with two attached hydrogens (primary N) is 1. The number of rotatable bonds is 14. The van der Waals surface area contributed by atoms with Crippen molar-refractivity contribution in [2.75, 3.05) is 52.7 Å². The van der Waals surface area contributed by atoms with Gasteiger partial charge in [0.1, 0.15) is 5.60 Å². The second-order valence-corrected chi connectivity index (χ2v) is 6.12. The van der Waals surface area contributed by atoms with Crippen LogP contribution in [0.15, 0.2) is 0 Å². The molecule has 0 heterocycles. The molecule has 0 saturated carbocycles. The van der Waals surface area contributed by atoms with Gasteiger partial charge in [0.15, 0.2) is 0 Å². The second kappa shape index (κ2) is 14.7. The Kier molecular flexibility index (Phi) is 14.1. The van der Waals surface area contributed by atoms with Crippen molar-refractivity contribution in [1.82, 2.24) is 5.32 Å². The van der Waals surface area contributed by atoms with E-state index in [1.54, 1.807) is 0 Å². The number of carbonyl (C=O) groups is 1. The van der Waals surface area contributed by atoms with Gasteiger partial charge in [-0.2, -0.15) is 0 Å². The van der Waals surface area contributed by atoms with E-state index in [1.165, 1.54) is 0 Å². The van der Waals surface area contributed by atoms with E-state index in [-0.39, 0.29) is 0 Å². The molecule has 0 aromatic carbocycles. The van der Waals surface area contributed by atoms with E-state index >= 15 is 0 Å². The van der Waals surface area contributed by atoms with E-state index in [0.29, 0.717) is 46.1 Å².